The number of alkyl carbamates (subject to hydrolysis) is 1. The van der Waals surface area contributed by atoms with Gasteiger partial charge in [-0.2, -0.15) is 0 Å². The molecule has 1 saturated carbocycles. The molecule has 0 spiro atoms. The van der Waals surface area contributed by atoms with Crippen molar-refractivity contribution in [3.63, 3.8) is 0 Å². The van der Waals surface area contributed by atoms with Gasteiger partial charge in [0.2, 0.25) is 11.8 Å². The predicted molar refractivity (Wildman–Crippen MR) is 134 cm³/mol. The number of ether oxygens (including phenoxy) is 1. The van der Waals surface area contributed by atoms with Crippen LogP contribution >= 0.6 is 0 Å². The average molecular weight is 474 g/mol. The van der Waals surface area contributed by atoms with Gasteiger partial charge in [0, 0.05) is 12.6 Å². The Labute approximate surface area is 205 Å². The second-order valence-electron chi connectivity index (χ2n) is 10.4. The van der Waals surface area contributed by atoms with Gasteiger partial charge in [0.05, 0.1) is 0 Å². The molecule has 4 atom stereocenters. The normalized spacial score (nSPS) is 19.0. The van der Waals surface area contributed by atoms with Crippen LogP contribution in [0.15, 0.2) is 24.3 Å². The number of unbranched alkanes of at least 4 members (excludes halogenated alkanes) is 2. The molecule has 2 rings (SSSR count). The third-order valence-electron chi connectivity index (χ3n) is 6.09. The lowest BCUT2D eigenvalue weighted by molar-refractivity contribution is -0.143. The van der Waals surface area contributed by atoms with Gasteiger partial charge in [-0.3, -0.25) is 9.59 Å². The van der Waals surface area contributed by atoms with Crippen LogP contribution in [-0.2, 0) is 20.7 Å². The van der Waals surface area contributed by atoms with Crippen LogP contribution in [0.5, 0.6) is 0 Å². The summed E-state index contributed by atoms with van der Waals surface area (Å²) in [5.74, 6) is -0.172. The third-order valence-corrected chi connectivity index (χ3v) is 6.09. The van der Waals surface area contributed by atoms with Crippen LogP contribution in [0.1, 0.15) is 91.3 Å². The highest BCUT2D eigenvalue weighted by atomic mass is 16.6. The minimum Gasteiger partial charge on any atom is -0.444 e. The average Bonchev–Trinajstić information content (AvgIpc) is 3.48. The third kappa shape index (κ3) is 8.03. The fourth-order valence-corrected chi connectivity index (χ4v) is 4.00. The lowest BCUT2D eigenvalue weighted by Gasteiger charge is -2.34. The minimum atomic E-state index is -0.826. The number of carbonyl (C=O) groups is 3. The molecule has 1 aliphatic carbocycles. The van der Waals surface area contributed by atoms with Gasteiger partial charge in [-0.15, -0.1) is 0 Å². The summed E-state index contributed by atoms with van der Waals surface area (Å²) in [6, 6.07) is 6.27. The highest BCUT2D eigenvalue weighted by Gasteiger charge is 2.47. The summed E-state index contributed by atoms with van der Waals surface area (Å²) in [4.78, 5) is 41.1. The first-order chi connectivity index (χ1) is 16.0. The highest BCUT2D eigenvalue weighted by molar-refractivity contribution is 5.92. The van der Waals surface area contributed by atoms with Gasteiger partial charge in [0.25, 0.3) is 0 Å². The van der Waals surface area contributed by atoms with Gasteiger partial charge < -0.3 is 20.3 Å². The number of nitrogens with zero attached hydrogens (tertiary/aromatic N) is 1. The molecule has 1 aromatic rings. The molecule has 0 saturated heterocycles. The highest BCUT2D eigenvalue weighted by Crippen LogP contribution is 2.40. The van der Waals surface area contributed by atoms with E-state index in [0.29, 0.717) is 12.5 Å². The zero-order valence-electron chi connectivity index (χ0n) is 21.9. The van der Waals surface area contributed by atoms with E-state index in [1.807, 2.05) is 24.3 Å². The molecule has 0 bridgehead atoms. The summed E-state index contributed by atoms with van der Waals surface area (Å²) in [6.45, 7) is 13.8. The van der Waals surface area contributed by atoms with Gasteiger partial charge in [0.15, 0.2) is 0 Å². The van der Waals surface area contributed by atoms with Crippen LogP contribution < -0.4 is 10.6 Å². The molecule has 1 fully saturated rings. The molecule has 7 nitrogen and oxygen atoms in total. The largest absolute Gasteiger partial charge is 0.444 e. The van der Waals surface area contributed by atoms with E-state index in [9.17, 15) is 14.4 Å². The number of benzene rings is 1. The van der Waals surface area contributed by atoms with Crippen molar-refractivity contribution in [2.24, 2.45) is 5.92 Å². The second-order valence-corrected chi connectivity index (χ2v) is 10.4. The first-order valence-corrected chi connectivity index (χ1v) is 12.7. The van der Waals surface area contributed by atoms with Gasteiger partial charge in [-0.1, -0.05) is 57.9 Å². The van der Waals surface area contributed by atoms with Crippen molar-refractivity contribution in [1.82, 2.24) is 15.5 Å². The van der Waals surface area contributed by atoms with E-state index < -0.39 is 23.8 Å². The summed E-state index contributed by atoms with van der Waals surface area (Å²) in [7, 11) is 0. The fourth-order valence-electron chi connectivity index (χ4n) is 4.00. The number of rotatable bonds is 11. The molecule has 0 heterocycles. The number of carbonyl (C=O) groups excluding carboxylic acids is 3. The molecular formula is C27H43N3O4. The first-order valence-electron chi connectivity index (χ1n) is 12.7. The number of aryl methyl sites for hydroxylation is 1. The Bertz CT molecular complexity index is 831. The van der Waals surface area contributed by atoms with Crippen LogP contribution in [0.2, 0.25) is 0 Å². The lowest BCUT2D eigenvalue weighted by Crippen LogP contribution is -2.53. The molecule has 1 aliphatic rings. The molecule has 190 valence electrons. The van der Waals surface area contributed by atoms with Gasteiger partial charge in [-0.25, -0.2) is 4.79 Å². The quantitative estimate of drug-likeness (QED) is 0.454. The van der Waals surface area contributed by atoms with Crippen molar-refractivity contribution >= 4 is 17.9 Å². The fraction of sp³-hybridized carbons (Fsp3) is 0.667. The molecule has 34 heavy (non-hydrogen) atoms. The Hall–Kier alpha value is -2.57. The predicted octanol–water partition coefficient (Wildman–Crippen LogP) is 4.75. The maximum atomic E-state index is 13.7. The van der Waals surface area contributed by atoms with Crippen molar-refractivity contribution < 1.29 is 19.1 Å². The molecule has 3 amide bonds. The summed E-state index contributed by atoms with van der Waals surface area (Å²) in [6.07, 6.45) is 4.08. The Morgan fingerprint density at radius 1 is 1.12 bits per heavy atom. The Kier molecular flexibility index (Phi) is 9.95. The number of hydrogen-bond acceptors (Lipinski definition) is 4. The first kappa shape index (κ1) is 27.7. The smallest absolute Gasteiger partial charge is 0.408 e. The van der Waals surface area contributed by atoms with E-state index in [1.54, 1.807) is 32.6 Å². The molecule has 0 radical (unpaired) electrons. The molecule has 2 N–H and O–H groups in total. The molecule has 7 heteroatoms. The Morgan fingerprint density at radius 3 is 2.24 bits per heavy atom. The maximum absolute atomic E-state index is 13.7. The monoisotopic (exact) mass is 473 g/mol. The standard InChI is InChI=1S/C27H43N3O4/c1-8-10-11-16-28-24(31)23(21-14-12-20(9-2)13-15-21)30(22-17-18(22)3)25(32)19(4)29-26(33)34-27(5,6)7/h12-15,18-19,22-23H,8-11,16-17H2,1-7H3,(H,28,31)(H,29,33). The van der Waals surface area contributed by atoms with Crippen LogP contribution in [0, 0.1) is 5.92 Å². The lowest BCUT2D eigenvalue weighted by atomic mass is 10.00. The molecular weight excluding hydrogens is 430 g/mol. The summed E-state index contributed by atoms with van der Waals surface area (Å²) < 4.78 is 5.33. The van der Waals surface area contributed by atoms with E-state index >= 15 is 0 Å². The zero-order valence-corrected chi connectivity index (χ0v) is 21.9. The number of hydrogen-bond donors (Lipinski definition) is 2. The Morgan fingerprint density at radius 2 is 1.74 bits per heavy atom. The van der Waals surface area contributed by atoms with Crippen molar-refractivity contribution in [2.75, 3.05) is 6.54 Å². The second kappa shape index (κ2) is 12.2. The SMILES string of the molecule is CCCCCNC(=O)C(c1ccc(CC)cc1)N(C(=O)C(C)NC(=O)OC(C)(C)C)C1CC1C. The van der Waals surface area contributed by atoms with Crippen molar-refractivity contribution in [3.05, 3.63) is 35.4 Å². The Balaban J connectivity index is 2.31. The van der Waals surface area contributed by atoms with Gasteiger partial charge in [-0.05, 0) is 64.0 Å². The van der Waals surface area contributed by atoms with E-state index in [0.717, 1.165) is 37.7 Å². The molecule has 0 aromatic heterocycles. The van der Waals surface area contributed by atoms with E-state index in [2.05, 4.69) is 31.4 Å². The maximum Gasteiger partial charge on any atom is 0.408 e. The van der Waals surface area contributed by atoms with Gasteiger partial charge in [0.1, 0.15) is 17.7 Å². The summed E-state index contributed by atoms with van der Waals surface area (Å²) >= 11 is 0. The van der Waals surface area contributed by atoms with Crippen molar-refractivity contribution in [3.8, 4) is 0 Å². The van der Waals surface area contributed by atoms with Crippen molar-refractivity contribution in [2.45, 2.75) is 104 Å². The topological polar surface area (TPSA) is 87.7 Å². The molecule has 4 unspecified atom stereocenters. The van der Waals surface area contributed by atoms with Crippen LogP contribution in [0.25, 0.3) is 0 Å². The van der Waals surface area contributed by atoms with Crippen LogP contribution in [-0.4, -0.2) is 47.0 Å². The van der Waals surface area contributed by atoms with E-state index in [4.69, 9.17) is 4.74 Å². The van der Waals surface area contributed by atoms with Crippen molar-refractivity contribution in [1.29, 1.82) is 0 Å². The molecule has 1 aromatic carbocycles. The van der Waals surface area contributed by atoms with Crippen LogP contribution in [0.4, 0.5) is 4.79 Å². The summed E-state index contributed by atoms with van der Waals surface area (Å²) in [5, 5.41) is 5.70. The van der Waals surface area contributed by atoms with E-state index in [-0.39, 0.29) is 17.9 Å². The van der Waals surface area contributed by atoms with E-state index in [1.165, 1.54) is 5.56 Å². The minimum absolute atomic E-state index is 0.0485. The summed E-state index contributed by atoms with van der Waals surface area (Å²) in [5.41, 5.74) is 1.28. The zero-order chi connectivity index (χ0) is 25.5. The van der Waals surface area contributed by atoms with Gasteiger partial charge >= 0.3 is 6.09 Å². The number of nitrogens with one attached hydrogen (secondary N) is 2. The molecule has 0 aliphatic heterocycles. The number of amides is 3. The van der Waals surface area contributed by atoms with Crippen LogP contribution in [0.3, 0.4) is 0 Å².